The lowest BCUT2D eigenvalue weighted by molar-refractivity contribution is -0.209. The van der Waals surface area contributed by atoms with Crippen LogP contribution in [0.3, 0.4) is 0 Å². The summed E-state index contributed by atoms with van der Waals surface area (Å²) in [7, 11) is 0. The Balaban J connectivity index is 1.19. The van der Waals surface area contributed by atoms with Gasteiger partial charge in [-0.15, -0.1) is 0 Å². The Kier molecular flexibility index (Phi) is 8.17. The molecule has 0 radical (unpaired) electrons. The Morgan fingerprint density at radius 3 is 2.44 bits per heavy atom. The van der Waals surface area contributed by atoms with Gasteiger partial charge >= 0.3 is 5.97 Å². The average Bonchev–Trinajstić information content (AvgIpc) is 3.92. The molecule has 3 fully saturated rings. The summed E-state index contributed by atoms with van der Waals surface area (Å²) in [6, 6.07) is 14.2. The summed E-state index contributed by atoms with van der Waals surface area (Å²) >= 11 is 2.12. The Bertz CT molecular complexity index is 1360. The van der Waals surface area contributed by atoms with E-state index >= 15 is 0 Å². The van der Waals surface area contributed by atoms with Crippen LogP contribution in [0.25, 0.3) is 0 Å². The number of aliphatic hydroxyl groups excluding tert-OH is 1. The highest BCUT2D eigenvalue weighted by atomic mass is 127. The molecule has 0 spiro atoms. The van der Waals surface area contributed by atoms with Gasteiger partial charge in [-0.2, -0.15) is 0 Å². The lowest BCUT2D eigenvalue weighted by atomic mass is 9.91. The molecule has 9 nitrogen and oxygen atoms in total. The molecule has 2 aromatic carbocycles. The zero-order valence-electron chi connectivity index (χ0n) is 22.5. The van der Waals surface area contributed by atoms with Crippen LogP contribution in [-0.2, 0) is 25.5 Å². The second-order valence-corrected chi connectivity index (χ2v) is 12.3. The first-order chi connectivity index (χ1) is 19.9. The van der Waals surface area contributed by atoms with Crippen molar-refractivity contribution in [2.75, 3.05) is 13.2 Å². The van der Waals surface area contributed by atoms with Gasteiger partial charge in [-0.05, 0) is 84.2 Å². The fourth-order valence-electron chi connectivity index (χ4n) is 5.79. The molecule has 3 N–H and O–H groups in total. The van der Waals surface area contributed by atoms with Crippen molar-refractivity contribution in [2.45, 2.75) is 62.7 Å². The van der Waals surface area contributed by atoms with E-state index in [0.717, 1.165) is 34.8 Å². The fourth-order valence-corrected chi connectivity index (χ4v) is 6.39. The first kappa shape index (κ1) is 28.3. The maximum absolute atomic E-state index is 13.4. The lowest BCUT2D eigenvalue weighted by Gasteiger charge is -2.31. The molecule has 10 heteroatoms. The number of benzene rings is 2. The Morgan fingerprint density at radius 1 is 0.976 bits per heavy atom. The van der Waals surface area contributed by atoms with Gasteiger partial charge in [0.1, 0.15) is 18.3 Å². The third-order valence-electron chi connectivity index (χ3n) is 8.09. The summed E-state index contributed by atoms with van der Waals surface area (Å²) in [4.78, 5) is 38.9. The van der Waals surface area contributed by atoms with Crippen molar-refractivity contribution in [1.82, 2.24) is 10.6 Å². The molecule has 41 heavy (non-hydrogen) atoms. The quantitative estimate of drug-likeness (QED) is 0.261. The Morgan fingerprint density at radius 2 is 1.73 bits per heavy atom. The van der Waals surface area contributed by atoms with Gasteiger partial charge in [0.25, 0.3) is 5.91 Å². The molecule has 2 saturated carbocycles. The highest BCUT2D eigenvalue weighted by Crippen LogP contribution is 2.59. The third kappa shape index (κ3) is 6.06. The lowest BCUT2D eigenvalue weighted by Crippen LogP contribution is -2.44. The number of rotatable bonds is 10. The maximum atomic E-state index is 13.4. The van der Waals surface area contributed by atoms with Gasteiger partial charge in [0.05, 0.1) is 12.2 Å². The first-order valence-electron chi connectivity index (χ1n) is 14.2. The third-order valence-corrected chi connectivity index (χ3v) is 9.03. The monoisotopic (exact) mass is 672 g/mol. The van der Waals surface area contributed by atoms with Gasteiger partial charge in [0.15, 0.2) is 5.79 Å². The second kappa shape index (κ2) is 11.8. The second-order valence-electron chi connectivity index (χ2n) is 11.1. The first-order valence-corrected chi connectivity index (χ1v) is 15.2. The summed E-state index contributed by atoms with van der Waals surface area (Å²) < 4.78 is 20.1. The number of ether oxygens (including phenoxy) is 3. The molecule has 2 aromatic rings. The highest BCUT2D eigenvalue weighted by molar-refractivity contribution is 14.1. The number of halogens is 1. The molecule has 1 saturated heterocycles. The number of nitrogens with one attached hydrogen (secondary N) is 2. The molecule has 4 aliphatic rings. The van der Waals surface area contributed by atoms with Crippen LogP contribution in [0, 0.1) is 15.4 Å². The molecule has 6 rings (SSSR count). The minimum absolute atomic E-state index is 0.142. The van der Waals surface area contributed by atoms with Crippen molar-refractivity contribution in [2.24, 2.45) is 11.8 Å². The van der Waals surface area contributed by atoms with E-state index < -0.39 is 30.1 Å². The topological polar surface area (TPSA) is 123 Å². The maximum Gasteiger partial charge on any atom is 0.339 e. The number of amides is 2. The Hall–Kier alpha value is -2.80. The molecule has 3 atom stereocenters. The van der Waals surface area contributed by atoms with Crippen LogP contribution < -0.4 is 10.6 Å². The van der Waals surface area contributed by atoms with Gasteiger partial charge in [-0.3, -0.25) is 9.59 Å². The zero-order valence-corrected chi connectivity index (χ0v) is 24.7. The molecule has 3 unspecified atom stereocenters. The average molecular weight is 673 g/mol. The molecular weight excluding hydrogens is 639 g/mol. The summed E-state index contributed by atoms with van der Waals surface area (Å²) in [6.45, 7) is 0.236. The van der Waals surface area contributed by atoms with Crippen LogP contribution in [0.5, 0.6) is 0 Å². The van der Waals surface area contributed by atoms with E-state index in [1.807, 2.05) is 24.3 Å². The number of carbonyl (C=O) groups is 3. The van der Waals surface area contributed by atoms with Crippen LogP contribution in [0.1, 0.15) is 58.4 Å². The fraction of sp³-hybridized carbons (Fsp3) is 0.452. The molecule has 216 valence electrons. The SMILES string of the molecule is O=C(NCc1cccc(C(=O)NCCO)c1)C1=CC2OC(C3CC3)(C3CC3)OC2C(OC(=O)c2ccccc2I)C1. The van der Waals surface area contributed by atoms with Gasteiger partial charge in [-0.1, -0.05) is 24.3 Å². The number of carbonyl (C=O) groups excluding carboxylic acids is 3. The molecule has 0 bridgehead atoms. The molecule has 2 amide bonds. The van der Waals surface area contributed by atoms with Crippen molar-refractivity contribution in [3.05, 3.63) is 80.4 Å². The van der Waals surface area contributed by atoms with E-state index in [9.17, 15) is 14.4 Å². The molecule has 0 aromatic heterocycles. The van der Waals surface area contributed by atoms with Crippen molar-refractivity contribution >= 4 is 40.4 Å². The van der Waals surface area contributed by atoms with Crippen LogP contribution in [-0.4, -0.2) is 60.1 Å². The normalized spacial score (nSPS) is 24.6. The largest absolute Gasteiger partial charge is 0.455 e. The minimum atomic E-state index is -0.674. The highest BCUT2D eigenvalue weighted by Gasteiger charge is 2.64. The number of esters is 1. The molecule has 1 aliphatic heterocycles. The number of fused-ring (bicyclic) bond motifs is 1. The van der Waals surface area contributed by atoms with E-state index in [-0.39, 0.29) is 37.9 Å². The Labute approximate surface area is 252 Å². The molecule has 1 heterocycles. The standard InChI is InChI=1S/C31H33IN2O7/c32-24-7-2-1-6-23(24)30(38)39-25-15-20(16-26-27(25)41-31(40-26,21-8-9-21)22-10-11-22)29(37)34-17-18-4-3-5-19(14-18)28(36)33-12-13-35/h1-7,14,16,21-22,25-27,35H,8-13,15,17H2,(H,33,36)(H,34,37). The predicted molar refractivity (Wildman–Crippen MR) is 157 cm³/mol. The van der Waals surface area contributed by atoms with E-state index in [4.69, 9.17) is 19.3 Å². The van der Waals surface area contributed by atoms with Crippen molar-refractivity contribution in [3.63, 3.8) is 0 Å². The minimum Gasteiger partial charge on any atom is -0.455 e. The number of hydrogen-bond acceptors (Lipinski definition) is 7. The number of aliphatic hydroxyl groups is 1. The summed E-state index contributed by atoms with van der Waals surface area (Å²) in [5.41, 5.74) is 2.16. The molecule has 3 aliphatic carbocycles. The summed E-state index contributed by atoms with van der Waals surface area (Å²) in [6.07, 6.45) is 4.61. The van der Waals surface area contributed by atoms with Crippen molar-refractivity contribution in [1.29, 1.82) is 0 Å². The van der Waals surface area contributed by atoms with Gasteiger partial charge in [-0.25, -0.2) is 4.79 Å². The van der Waals surface area contributed by atoms with Gasteiger partial charge in [0.2, 0.25) is 5.91 Å². The van der Waals surface area contributed by atoms with E-state index in [0.29, 0.717) is 28.5 Å². The summed E-state index contributed by atoms with van der Waals surface area (Å²) in [5, 5.41) is 14.5. The van der Waals surface area contributed by atoms with Crippen molar-refractivity contribution < 1.29 is 33.7 Å². The van der Waals surface area contributed by atoms with Crippen molar-refractivity contribution in [3.8, 4) is 0 Å². The van der Waals surface area contributed by atoms with Crippen LogP contribution in [0.15, 0.2) is 60.2 Å². The molecular formula is C31H33IN2O7. The van der Waals surface area contributed by atoms with Crippen LogP contribution >= 0.6 is 22.6 Å². The predicted octanol–water partition coefficient (Wildman–Crippen LogP) is 3.49. The van der Waals surface area contributed by atoms with E-state index in [1.165, 1.54) is 0 Å². The van der Waals surface area contributed by atoms with E-state index in [2.05, 4.69) is 33.2 Å². The van der Waals surface area contributed by atoms with Gasteiger partial charge in [0, 0.05) is 46.1 Å². The van der Waals surface area contributed by atoms with Crippen LogP contribution in [0.4, 0.5) is 0 Å². The smallest absolute Gasteiger partial charge is 0.339 e. The van der Waals surface area contributed by atoms with Gasteiger partial charge < -0.3 is 30.0 Å². The number of hydrogen-bond donors (Lipinski definition) is 3. The van der Waals surface area contributed by atoms with E-state index in [1.54, 1.807) is 30.3 Å². The summed E-state index contributed by atoms with van der Waals surface area (Å²) in [5.74, 6) is -1.03. The van der Waals surface area contributed by atoms with Crippen LogP contribution in [0.2, 0.25) is 0 Å². The zero-order chi connectivity index (χ0) is 28.6.